The zero-order chi connectivity index (χ0) is 13.2. The van der Waals surface area contributed by atoms with Gasteiger partial charge in [-0.15, -0.1) is 11.3 Å². The standard InChI is InChI=1S/C14H22BrNOS/c1-11(2)16-6-3-4-14(17,5-7-16)9-13-8-12(15)10-18-13/h8,10-11,17H,3-7,9H2,1-2H3. The normalized spacial score (nSPS) is 26.5. The summed E-state index contributed by atoms with van der Waals surface area (Å²) in [4.78, 5) is 3.75. The van der Waals surface area contributed by atoms with Crippen molar-refractivity contribution in [2.45, 2.75) is 51.2 Å². The molecule has 1 aliphatic heterocycles. The highest BCUT2D eigenvalue weighted by Gasteiger charge is 2.31. The lowest BCUT2D eigenvalue weighted by Crippen LogP contribution is -2.35. The van der Waals surface area contributed by atoms with Gasteiger partial charge < -0.3 is 10.0 Å². The SMILES string of the molecule is CC(C)N1CCCC(O)(Cc2cc(Br)cs2)CC1. The lowest BCUT2D eigenvalue weighted by molar-refractivity contribution is 0.0256. The fraction of sp³-hybridized carbons (Fsp3) is 0.714. The molecule has 0 aromatic carbocycles. The van der Waals surface area contributed by atoms with Crippen molar-refractivity contribution in [2.75, 3.05) is 13.1 Å². The molecule has 0 amide bonds. The number of halogens is 1. The van der Waals surface area contributed by atoms with Gasteiger partial charge in [0.25, 0.3) is 0 Å². The number of nitrogens with zero attached hydrogens (tertiary/aromatic N) is 1. The molecule has 18 heavy (non-hydrogen) atoms. The summed E-state index contributed by atoms with van der Waals surface area (Å²) in [6.07, 6.45) is 3.71. The van der Waals surface area contributed by atoms with Crippen LogP contribution in [0.3, 0.4) is 0 Å². The zero-order valence-corrected chi connectivity index (χ0v) is 13.6. The van der Waals surface area contributed by atoms with Crippen LogP contribution in [0.4, 0.5) is 0 Å². The van der Waals surface area contributed by atoms with Crippen LogP contribution in [0.5, 0.6) is 0 Å². The quantitative estimate of drug-likeness (QED) is 0.913. The molecule has 0 radical (unpaired) electrons. The maximum Gasteiger partial charge on any atom is 0.0708 e. The van der Waals surface area contributed by atoms with Crippen molar-refractivity contribution in [1.82, 2.24) is 4.90 Å². The highest BCUT2D eigenvalue weighted by atomic mass is 79.9. The van der Waals surface area contributed by atoms with E-state index in [0.29, 0.717) is 6.04 Å². The lowest BCUT2D eigenvalue weighted by atomic mass is 9.90. The van der Waals surface area contributed by atoms with Gasteiger partial charge in [0, 0.05) is 33.7 Å². The summed E-state index contributed by atoms with van der Waals surface area (Å²) in [6.45, 7) is 6.61. The second kappa shape index (κ2) is 6.04. The Bertz CT molecular complexity index is 393. The van der Waals surface area contributed by atoms with Crippen molar-refractivity contribution >= 4 is 27.3 Å². The summed E-state index contributed by atoms with van der Waals surface area (Å²) < 4.78 is 1.13. The van der Waals surface area contributed by atoms with Gasteiger partial charge in [0.2, 0.25) is 0 Å². The molecule has 102 valence electrons. The van der Waals surface area contributed by atoms with Crippen LogP contribution in [0, 0.1) is 0 Å². The van der Waals surface area contributed by atoms with Crippen LogP contribution in [0.15, 0.2) is 15.9 Å². The van der Waals surface area contributed by atoms with Gasteiger partial charge in [-0.2, -0.15) is 0 Å². The first-order chi connectivity index (χ1) is 8.48. The summed E-state index contributed by atoms with van der Waals surface area (Å²) in [5, 5.41) is 12.9. The zero-order valence-electron chi connectivity index (χ0n) is 11.2. The van der Waals surface area contributed by atoms with Crippen molar-refractivity contribution in [2.24, 2.45) is 0 Å². The maximum atomic E-state index is 10.8. The predicted octanol–water partition coefficient (Wildman–Crippen LogP) is 3.68. The molecule has 0 aliphatic carbocycles. The van der Waals surface area contributed by atoms with E-state index in [1.54, 1.807) is 11.3 Å². The third-order valence-corrected chi connectivity index (χ3v) is 5.50. The first-order valence-electron chi connectivity index (χ1n) is 6.68. The topological polar surface area (TPSA) is 23.5 Å². The van der Waals surface area contributed by atoms with Gasteiger partial charge in [0.15, 0.2) is 0 Å². The molecule has 0 spiro atoms. The summed E-state index contributed by atoms with van der Waals surface area (Å²) in [6, 6.07) is 2.72. The number of hydrogen-bond acceptors (Lipinski definition) is 3. The van der Waals surface area contributed by atoms with Gasteiger partial charge in [-0.25, -0.2) is 0 Å². The minimum absolute atomic E-state index is 0.506. The fourth-order valence-electron chi connectivity index (χ4n) is 2.66. The molecule has 1 saturated heterocycles. The second-order valence-electron chi connectivity index (χ2n) is 5.62. The average molecular weight is 332 g/mol. The van der Waals surface area contributed by atoms with Crippen LogP contribution in [-0.2, 0) is 6.42 Å². The highest BCUT2D eigenvalue weighted by Crippen LogP contribution is 2.30. The summed E-state index contributed by atoms with van der Waals surface area (Å²) >= 11 is 5.21. The van der Waals surface area contributed by atoms with Crippen molar-refractivity contribution in [1.29, 1.82) is 0 Å². The Morgan fingerprint density at radius 1 is 1.44 bits per heavy atom. The summed E-state index contributed by atoms with van der Waals surface area (Å²) in [7, 11) is 0. The van der Waals surface area contributed by atoms with Crippen LogP contribution in [-0.4, -0.2) is 34.7 Å². The Hall–Kier alpha value is 0.1000. The molecule has 1 N–H and O–H groups in total. The fourth-order valence-corrected chi connectivity index (χ4v) is 4.25. The minimum atomic E-state index is -0.506. The molecule has 4 heteroatoms. The monoisotopic (exact) mass is 331 g/mol. The number of thiophene rings is 1. The van der Waals surface area contributed by atoms with E-state index in [0.717, 1.165) is 43.2 Å². The molecule has 2 rings (SSSR count). The Labute approximate surface area is 122 Å². The minimum Gasteiger partial charge on any atom is -0.389 e. The molecule has 0 saturated carbocycles. The molecular formula is C14H22BrNOS. The molecule has 2 heterocycles. The number of likely N-dealkylation sites (tertiary alicyclic amines) is 1. The Morgan fingerprint density at radius 3 is 2.83 bits per heavy atom. The molecule has 0 bridgehead atoms. The van der Waals surface area contributed by atoms with Gasteiger partial charge in [-0.05, 0) is 61.7 Å². The lowest BCUT2D eigenvalue weighted by Gasteiger charge is -2.27. The van der Waals surface area contributed by atoms with Crippen LogP contribution in [0.25, 0.3) is 0 Å². The van der Waals surface area contributed by atoms with Gasteiger partial charge in [-0.3, -0.25) is 0 Å². The number of rotatable bonds is 3. The molecule has 1 aliphatic rings. The van der Waals surface area contributed by atoms with E-state index >= 15 is 0 Å². The molecule has 1 aromatic heterocycles. The molecule has 1 atom stereocenters. The summed E-state index contributed by atoms with van der Waals surface area (Å²) in [5.74, 6) is 0. The second-order valence-corrected chi connectivity index (χ2v) is 7.53. The predicted molar refractivity (Wildman–Crippen MR) is 81.2 cm³/mol. The van der Waals surface area contributed by atoms with E-state index in [9.17, 15) is 5.11 Å². The van der Waals surface area contributed by atoms with Crippen LogP contribution < -0.4 is 0 Å². The van der Waals surface area contributed by atoms with E-state index < -0.39 is 5.60 Å². The van der Waals surface area contributed by atoms with Gasteiger partial charge >= 0.3 is 0 Å². The van der Waals surface area contributed by atoms with Crippen LogP contribution in [0.2, 0.25) is 0 Å². The Kier molecular flexibility index (Phi) is 4.86. The molecule has 1 fully saturated rings. The van der Waals surface area contributed by atoms with E-state index in [1.807, 2.05) is 0 Å². The molecule has 2 nitrogen and oxygen atoms in total. The van der Waals surface area contributed by atoms with Crippen molar-refractivity contribution < 1.29 is 5.11 Å². The summed E-state index contributed by atoms with van der Waals surface area (Å²) in [5.41, 5.74) is -0.506. The van der Waals surface area contributed by atoms with Crippen molar-refractivity contribution in [3.63, 3.8) is 0 Å². The third-order valence-electron chi connectivity index (χ3n) is 3.81. The highest BCUT2D eigenvalue weighted by molar-refractivity contribution is 9.10. The maximum absolute atomic E-state index is 10.8. The largest absolute Gasteiger partial charge is 0.389 e. The van der Waals surface area contributed by atoms with Crippen LogP contribution >= 0.6 is 27.3 Å². The third kappa shape index (κ3) is 3.80. The van der Waals surface area contributed by atoms with Crippen molar-refractivity contribution in [3.8, 4) is 0 Å². The molecule has 1 unspecified atom stereocenters. The molecular weight excluding hydrogens is 310 g/mol. The van der Waals surface area contributed by atoms with Gasteiger partial charge in [-0.1, -0.05) is 0 Å². The first kappa shape index (κ1) is 14.5. The van der Waals surface area contributed by atoms with Gasteiger partial charge in [0.05, 0.1) is 5.60 Å². The van der Waals surface area contributed by atoms with E-state index in [4.69, 9.17) is 0 Å². The average Bonchev–Trinajstić information content (AvgIpc) is 2.58. The number of aliphatic hydroxyl groups is 1. The molecule has 1 aromatic rings. The van der Waals surface area contributed by atoms with E-state index in [-0.39, 0.29) is 0 Å². The smallest absolute Gasteiger partial charge is 0.0708 e. The van der Waals surface area contributed by atoms with E-state index in [1.165, 1.54) is 4.88 Å². The number of hydrogen-bond donors (Lipinski definition) is 1. The first-order valence-corrected chi connectivity index (χ1v) is 8.35. The Morgan fingerprint density at radius 2 is 2.22 bits per heavy atom. The Balaban J connectivity index is 1.98. The van der Waals surface area contributed by atoms with Crippen LogP contribution in [0.1, 0.15) is 38.0 Å². The van der Waals surface area contributed by atoms with Gasteiger partial charge in [0.1, 0.15) is 0 Å². The van der Waals surface area contributed by atoms with E-state index in [2.05, 4.69) is 46.1 Å². The van der Waals surface area contributed by atoms with Crippen molar-refractivity contribution in [3.05, 3.63) is 20.8 Å².